The Labute approximate surface area is 97.8 Å². The molecule has 0 aliphatic carbocycles. The standard InChI is InChI=1S/C11H10ClNO3/c1-7-3-5-9(6-4-7)8(2)13-16-11(15)10(12)14/h3-6H,1-2H3/b13-8+. The van der Waals surface area contributed by atoms with Crippen molar-refractivity contribution in [2.45, 2.75) is 13.8 Å². The van der Waals surface area contributed by atoms with Gasteiger partial charge in [0.2, 0.25) is 0 Å². The van der Waals surface area contributed by atoms with Gasteiger partial charge in [0, 0.05) is 0 Å². The zero-order valence-electron chi connectivity index (χ0n) is 8.86. The molecule has 1 aromatic carbocycles. The molecule has 0 unspecified atom stereocenters. The third kappa shape index (κ3) is 3.47. The van der Waals surface area contributed by atoms with Gasteiger partial charge in [-0.3, -0.25) is 4.79 Å². The number of benzene rings is 1. The van der Waals surface area contributed by atoms with Crippen molar-refractivity contribution in [1.29, 1.82) is 0 Å². The number of rotatable bonds is 3. The number of halogens is 1. The van der Waals surface area contributed by atoms with Crippen molar-refractivity contribution in [2.24, 2.45) is 5.16 Å². The van der Waals surface area contributed by atoms with E-state index in [-0.39, 0.29) is 0 Å². The highest BCUT2D eigenvalue weighted by Crippen LogP contribution is 2.05. The zero-order chi connectivity index (χ0) is 12.1. The monoisotopic (exact) mass is 239 g/mol. The van der Waals surface area contributed by atoms with Gasteiger partial charge >= 0.3 is 11.2 Å². The van der Waals surface area contributed by atoms with E-state index >= 15 is 0 Å². The van der Waals surface area contributed by atoms with Gasteiger partial charge in [-0.05, 0) is 31.0 Å². The quantitative estimate of drug-likeness (QED) is 0.267. The lowest BCUT2D eigenvalue weighted by Crippen LogP contribution is -2.09. The van der Waals surface area contributed by atoms with Crippen molar-refractivity contribution in [3.05, 3.63) is 35.4 Å². The largest absolute Gasteiger partial charge is 0.417 e. The Morgan fingerprint density at radius 1 is 1.25 bits per heavy atom. The first kappa shape index (κ1) is 12.4. The molecule has 1 aromatic rings. The highest BCUT2D eigenvalue weighted by Gasteiger charge is 2.11. The van der Waals surface area contributed by atoms with E-state index in [1.54, 1.807) is 6.92 Å². The number of hydrogen-bond acceptors (Lipinski definition) is 4. The molecule has 4 nitrogen and oxygen atoms in total. The molecule has 0 N–H and O–H groups in total. The molecule has 0 bridgehead atoms. The molecule has 84 valence electrons. The molecule has 0 atom stereocenters. The highest BCUT2D eigenvalue weighted by molar-refractivity contribution is 6.80. The molecule has 1 rings (SSSR count). The summed E-state index contributed by atoms with van der Waals surface area (Å²) in [6.07, 6.45) is 0. The third-order valence-corrected chi connectivity index (χ3v) is 2.05. The molecule has 0 aliphatic rings. The van der Waals surface area contributed by atoms with Crippen LogP contribution in [-0.4, -0.2) is 16.9 Å². The smallest absolute Gasteiger partial charge is 0.308 e. The lowest BCUT2D eigenvalue weighted by Gasteiger charge is -2.00. The Morgan fingerprint density at radius 3 is 2.31 bits per heavy atom. The van der Waals surface area contributed by atoms with E-state index in [1.807, 2.05) is 31.2 Å². The molecule has 0 heterocycles. The van der Waals surface area contributed by atoms with E-state index in [0.717, 1.165) is 11.1 Å². The second kappa shape index (κ2) is 5.42. The SMILES string of the molecule is C/C(=N\OC(=O)C(=O)Cl)c1ccc(C)cc1. The minimum atomic E-state index is -1.19. The van der Waals surface area contributed by atoms with Gasteiger partial charge in [0.1, 0.15) is 0 Å². The van der Waals surface area contributed by atoms with Crippen molar-refractivity contribution in [2.75, 3.05) is 0 Å². The zero-order valence-corrected chi connectivity index (χ0v) is 9.62. The van der Waals surface area contributed by atoms with Gasteiger partial charge in [0.25, 0.3) is 0 Å². The molecule has 16 heavy (non-hydrogen) atoms. The third-order valence-electron chi connectivity index (χ3n) is 1.90. The molecule has 0 saturated heterocycles. The maximum atomic E-state index is 10.7. The first-order valence-electron chi connectivity index (χ1n) is 4.53. The fraction of sp³-hybridized carbons (Fsp3) is 0.182. The van der Waals surface area contributed by atoms with E-state index in [9.17, 15) is 9.59 Å². The molecule has 0 aliphatic heterocycles. The fourth-order valence-corrected chi connectivity index (χ4v) is 1.03. The molecule has 5 heteroatoms. The van der Waals surface area contributed by atoms with E-state index in [1.165, 1.54) is 0 Å². The number of oxime groups is 1. The molecule has 0 saturated carbocycles. The minimum Gasteiger partial charge on any atom is -0.308 e. The summed E-state index contributed by atoms with van der Waals surface area (Å²) in [6.45, 7) is 3.62. The Balaban J connectivity index is 2.74. The minimum absolute atomic E-state index is 0.492. The first-order valence-corrected chi connectivity index (χ1v) is 4.91. The van der Waals surface area contributed by atoms with Crippen LogP contribution in [0.1, 0.15) is 18.1 Å². The van der Waals surface area contributed by atoms with Crippen LogP contribution in [0.25, 0.3) is 0 Å². The topological polar surface area (TPSA) is 55.7 Å². The van der Waals surface area contributed by atoms with Gasteiger partial charge in [-0.1, -0.05) is 35.0 Å². The second-order valence-electron chi connectivity index (χ2n) is 3.20. The summed E-state index contributed by atoms with van der Waals surface area (Å²) in [5, 5.41) is 2.31. The number of carbonyl (C=O) groups is 2. The van der Waals surface area contributed by atoms with Crippen LogP contribution in [0.3, 0.4) is 0 Å². The summed E-state index contributed by atoms with van der Waals surface area (Å²) in [4.78, 5) is 25.4. The molecule has 0 fully saturated rings. The predicted molar refractivity (Wildman–Crippen MR) is 60.3 cm³/mol. The average molecular weight is 240 g/mol. The van der Waals surface area contributed by atoms with Crippen molar-refractivity contribution in [1.82, 2.24) is 0 Å². The summed E-state index contributed by atoms with van der Waals surface area (Å²) in [5.74, 6) is -1.19. The van der Waals surface area contributed by atoms with Crippen LogP contribution in [0.15, 0.2) is 29.4 Å². The molecule has 0 radical (unpaired) electrons. The molecular weight excluding hydrogens is 230 g/mol. The number of nitrogens with zero attached hydrogens (tertiary/aromatic N) is 1. The Kier molecular flexibility index (Phi) is 4.19. The van der Waals surface area contributed by atoms with E-state index < -0.39 is 11.2 Å². The maximum Gasteiger partial charge on any atom is 0.417 e. The number of carbonyl (C=O) groups excluding carboxylic acids is 2. The summed E-state index contributed by atoms with van der Waals surface area (Å²) in [7, 11) is 0. The van der Waals surface area contributed by atoms with E-state index in [0.29, 0.717) is 5.71 Å². The van der Waals surface area contributed by atoms with E-state index in [4.69, 9.17) is 11.6 Å². The number of aryl methyl sites for hydroxylation is 1. The van der Waals surface area contributed by atoms with Crippen molar-refractivity contribution in [3.8, 4) is 0 Å². The maximum absolute atomic E-state index is 10.7. The van der Waals surface area contributed by atoms with Crippen LogP contribution in [0.5, 0.6) is 0 Å². The highest BCUT2D eigenvalue weighted by atomic mass is 35.5. The van der Waals surface area contributed by atoms with Crippen LogP contribution in [0, 0.1) is 6.92 Å². The van der Waals surface area contributed by atoms with Gasteiger partial charge < -0.3 is 4.84 Å². The fourth-order valence-electron chi connectivity index (χ4n) is 0.993. The lowest BCUT2D eigenvalue weighted by atomic mass is 10.1. The van der Waals surface area contributed by atoms with Gasteiger partial charge in [0.05, 0.1) is 5.71 Å². The number of hydrogen-bond donors (Lipinski definition) is 0. The molecule has 0 aromatic heterocycles. The van der Waals surface area contributed by atoms with Crippen LogP contribution < -0.4 is 0 Å². The summed E-state index contributed by atoms with van der Waals surface area (Å²) < 4.78 is 0. The van der Waals surface area contributed by atoms with Crippen molar-refractivity contribution >= 4 is 28.5 Å². The van der Waals surface area contributed by atoms with Gasteiger partial charge in [0.15, 0.2) is 0 Å². The Morgan fingerprint density at radius 2 is 1.81 bits per heavy atom. The van der Waals surface area contributed by atoms with Gasteiger partial charge in [-0.25, -0.2) is 4.79 Å². The second-order valence-corrected chi connectivity index (χ2v) is 3.54. The molecule has 0 spiro atoms. The Hall–Kier alpha value is -1.68. The van der Waals surface area contributed by atoms with Crippen LogP contribution in [0.2, 0.25) is 0 Å². The Bertz CT molecular complexity index is 437. The van der Waals surface area contributed by atoms with Gasteiger partial charge in [-0.15, -0.1) is 0 Å². The summed E-state index contributed by atoms with van der Waals surface area (Å²) in [6, 6.07) is 7.49. The lowest BCUT2D eigenvalue weighted by molar-refractivity contribution is -0.150. The first-order chi connectivity index (χ1) is 7.50. The normalized spacial score (nSPS) is 11.1. The van der Waals surface area contributed by atoms with E-state index in [2.05, 4.69) is 9.99 Å². The summed E-state index contributed by atoms with van der Waals surface area (Å²) in [5.41, 5.74) is 2.41. The average Bonchev–Trinajstić information content (AvgIpc) is 2.26. The summed E-state index contributed by atoms with van der Waals surface area (Å²) >= 11 is 4.90. The molecular formula is C11H10ClNO3. The van der Waals surface area contributed by atoms with Crippen molar-refractivity contribution < 1.29 is 14.4 Å². The van der Waals surface area contributed by atoms with Crippen LogP contribution in [0.4, 0.5) is 0 Å². The van der Waals surface area contributed by atoms with Crippen LogP contribution >= 0.6 is 11.6 Å². The van der Waals surface area contributed by atoms with Gasteiger partial charge in [-0.2, -0.15) is 0 Å². The molecule has 0 amide bonds. The van der Waals surface area contributed by atoms with Crippen LogP contribution in [-0.2, 0) is 14.4 Å². The van der Waals surface area contributed by atoms with Crippen molar-refractivity contribution in [3.63, 3.8) is 0 Å². The predicted octanol–water partition coefficient (Wildman–Crippen LogP) is 2.03.